The van der Waals surface area contributed by atoms with Gasteiger partial charge in [0.05, 0.1) is 108 Å². The highest BCUT2D eigenvalue weighted by Gasteiger charge is 2.54. The Balaban J connectivity index is 0.709. The van der Waals surface area contributed by atoms with Crippen LogP contribution in [0.1, 0.15) is 71.9 Å². The predicted octanol–water partition coefficient (Wildman–Crippen LogP) is -1.29. The minimum atomic E-state index is -5.70. The van der Waals surface area contributed by atoms with Crippen LogP contribution in [0, 0.1) is 0 Å². The maximum absolute atomic E-state index is 15.0. The van der Waals surface area contributed by atoms with E-state index in [0.29, 0.717) is 16.8 Å². The van der Waals surface area contributed by atoms with Gasteiger partial charge in [-0.1, -0.05) is 53.8 Å². The molecule has 0 bridgehead atoms. The van der Waals surface area contributed by atoms with Crippen LogP contribution in [0.3, 0.4) is 0 Å². The smallest absolute Gasteiger partial charge is 0.493 e. The van der Waals surface area contributed by atoms with Gasteiger partial charge in [-0.3, -0.25) is 28.9 Å². The first-order chi connectivity index (χ1) is 69.6. The first-order valence-corrected chi connectivity index (χ1v) is 46.2. The molecular weight excluding hydrogens is 1960 g/mol. The number of nitrogens with zero attached hydrogens (tertiary/aromatic N) is 9. The van der Waals surface area contributed by atoms with E-state index in [1.807, 2.05) is 0 Å². The average Bonchev–Trinajstić information content (AvgIpc) is 1.60. The summed E-state index contributed by atoms with van der Waals surface area (Å²) in [6.45, 7) is 6.00. The number of likely N-dealkylation sites (N-methyl/N-ethyl adjacent to an activating group) is 1. The highest BCUT2D eigenvalue weighted by atomic mass is 32.3. The van der Waals surface area contributed by atoms with Crippen LogP contribution < -0.4 is 51.3 Å². The molecular formula is C93H101N9O43S. The normalized spacial score (nSPS) is 25.4. The maximum Gasteiger partial charge on any atom is 0.501 e. The van der Waals surface area contributed by atoms with Gasteiger partial charge in [0.2, 0.25) is 18.9 Å². The summed E-state index contributed by atoms with van der Waals surface area (Å²) in [5, 5.41) is 157. The van der Waals surface area contributed by atoms with Crippen LogP contribution in [0.25, 0.3) is 0 Å². The molecule has 0 saturated carbocycles. The number of aromatic nitrogens is 3. The van der Waals surface area contributed by atoms with Crippen molar-refractivity contribution in [1.82, 2.24) is 34.6 Å². The van der Waals surface area contributed by atoms with Crippen molar-refractivity contribution < 1.29 is 207 Å². The van der Waals surface area contributed by atoms with Crippen molar-refractivity contribution in [2.45, 2.75) is 169 Å². The van der Waals surface area contributed by atoms with Gasteiger partial charge in [-0.2, -0.15) is 0 Å². The quantitative estimate of drug-likeness (QED) is 0.0121. The Labute approximate surface area is 827 Å². The number of aliphatic hydroxyl groups excluding tert-OH is 11. The Bertz CT molecular complexity index is 5970. The Kier molecular flexibility index (Phi) is 33.0. The number of imide groups is 1. The zero-order chi connectivity index (χ0) is 105. The summed E-state index contributed by atoms with van der Waals surface area (Å²) >= 11 is 0. The third-order valence-corrected chi connectivity index (χ3v) is 25.1. The SMILES string of the molecule is C=C1C[C@H]2C(O)N(C(=O)OCc3ccc(O[C@@H]4O[C@H](C(=O)O)[C@@H](O)[C@H](O)[C@H]4O)cc3)c3cc(OCc4cc(COc5cc6c(cc5OC)C(=O)N5CC(=C)C[C@H]5C(O)N6C(=O)OCc5ccc(O[C@@H]6O[C@H](C(=O)O)[C@H](O)[C@H](O)[C@H]6O)cc5)cc(OS(=O)(=O)Oc5cc(C(=O)N(C)CCOCCn6cc(COCCOCCN7C(=O)C=CC7=O)nn6)ccc5O[C@@H]5O[C@H](C(=O)O)[C@@H](O)[C@H](O)[C@H]5O)c4)c(OC)cc3C(=O)N2C1. The van der Waals surface area contributed by atoms with Crippen LogP contribution in [0.5, 0.6) is 51.7 Å². The second-order valence-electron chi connectivity index (χ2n) is 34.4. The number of fused-ring (bicyclic) bond motifs is 4. The standard InChI is InChI=1S/C93H101N9O43S/c1-44-26-59-84(117)101(92(125)136-39-46-6-11-52(12-7-46)138-89-75(111)69(105)72(108)78(141-89)86(119)120)57-34-64(62(129-4)32-55(57)82(115)99(59)36-44)134-41-48-28-49(42-135-65-35-58-56(33-63(65)130-5)83(116)100-37-45(2)27-60(100)85(118)102(58)93(126)137-40-47-8-13-53(14-9-47)139-90-76(112)70(106)73(109)79(142-90)87(121)122)30-54(29-48)144-146(127,128)145-66-31-50(10-15-61(66)140-91-77(113)71(107)74(110)80(143-91)88(123)124)81(114)96(3)18-21-131-22-19-97-38-51(94-95-97)43-133-25-24-132-23-20-98-67(103)16-17-68(98)104/h6-17,28-35,38,59-60,69-80,84-85,89-91,105-113,117-118H,1-2,18-27,36-37,39-43H2,3-5H3,(H,119,120)(H,121,122)(H,123,124)/t59-,60-,69-,70-,71-,72-,73+,74-,75+,76+,77+,78-,79-,80-,84?,85?,89+,90+,91+/m0/s1. The van der Waals surface area contributed by atoms with E-state index in [9.17, 15) is 128 Å². The van der Waals surface area contributed by atoms with Crippen LogP contribution in [0.2, 0.25) is 0 Å². The van der Waals surface area contributed by atoms with Crippen LogP contribution in [0.15, 0.2) is 152 Å². The number of hydrogen-bond donors (Lipinski definition) is 14. The molecule has 8 aliphatic heterocycles. The summed E-state index contributed by atoms with van der Waals surface area (Å²) in [4.78, 5) is 139. The molecule has 0 aliphatic carbocycles. The molecule has 1 aromatic heterocycles. The van der Waals surface area contributed by atoms with Crippen molar-refractivity contribution in [1.29, 1.82) is 0 Å². The summed E-state index contributed by atoms with van der Waals surface area (Å²) in [7, 11) is -1.94. The lowest BCUT2D eigenvalue weighted by molar-refractivity contribution is -0.271. The molecule has 15 rings (SSSR count). The predicted molar refractivity (Wildman–Crippen MR) is 484 cm³/mol. The number of carboxylic acid groups (broad SMARTS) is 3. The lowest BCUT2D eigenvalue weighted by Gasteiger charge is -2.38. The first-order valence-electron chi connectivity index (χ1n) is 44.9. The Morgan fingerprint density at radius 2 is 0.904 bits per heavy atom. The summed E-state index contributed by atoms with van der Waals surface area (Å²) < 4.78 is 129. The molecule has 52 nitrogen and oxygen atoms in total. The Morgan fingerprint density at radius 3 is 1.36 bits per heavy atom. The highest BCUT2D eigenvalue weighted by Crippen LogP contribution is 2.46. The number of ether oxygens (including phenoxy) is 15. The molecule has 146 heavy (non-hydrogen) atoms. The number of rotatable bonds is 40. The topological polar surface area (TPSA) is 695 Å². The molecule has 0 spiro atoms. The molecule has 8 aliphatic rings. The molecule has 2 unspecified atom stereocenters. The zero-order valence-corrected chi connectivity index (χ0v) is 78.4. The third kappa shape index (κ3) is 23.7. The van der Waals surface area contributed by atoms with Gasteiger partial charge in [-0.05, 0) is 108 Å². The minimum absolute atomic E-state index is 0.00569. The molecule has 7 aromatic rings. The van der Waals surface area contributed by atoms with E-state index >= 15 is 0 Å². The van der Waals surface area contributed by atoms with Gasteiger partial charge in [0, 0.05) is 56.5 Å². The molecule has 782 valence electrons. The fourth-order valence-electron chi connectivity index (χ4n) is 16.8. The Hall–Kier alpha value is -14.3. The maximum atomic E-state index is 15.0. The van der Waals surface area contributed by atoms with E-state index in [1.165, 1.54) is 132 Å². The monoisotopic (exact) mass is 2060 g/mol. The molecule has 53 heteroatoms. The van der Waals surface area contributed by atoms with Crippen LogP contribution in [-0.2, 0) is 112 Å². The van der Waals surface area contributed by atoms with Gasteiger partial charge in [0.25, 0.3) is 29.5 Å². The fourth-order valence-corrected chi connectivity index (χ4v) is 17.5. The summed E-state index contributed by atoms with van der Waals surface area (Å²) in [5.74, 6) is -11.6. The molecule has 0 radical (unpaired) electrons. The van der Waals surface area contributed by atoms with E-state index in [1.54, 1.807) is 6.20 Å². The van der Waals surface area contributed by atoms with E-state index in [4.69, 9.17) is 79.4 Å². The average molecular weight is 2060 g/mol. The van der Waals surface area contributed by atoms with Crippen molar-refractivity contribution in [3.05, 3.63) is 196 Å². The summed E-state index contributed by atoms with van der Waals surface area (Å²) in [6.07, 6.45) is -32.9. The lowest BCUT2D eigenvalue weighted by Crippen LogP contribution is -2.61. The number of carbonyl (C=O) groups is 10. The largest absolute Gasteiger partial charge is 0.501 e. The number of carbonyl (C=O) groups excluding carboxylic acids is 7. The fraction of sp³-hybridized carbons (Fsp3) is 0.419. The second-order valence-corrected chi connectivity index (χ2v) is 35.6. The van der Waals surface area contributed by atoms with Crippen molar-refractivity contribution in [2.75, 3.05) is 90.3 Å². The molecule has 7 amide bonds. The Morgan fingerprint density at radius 1 is 0.459 bits per heavy atom. The van der Waals surface area contributed by atoms with Crippen molar-refractivity contribution in [3.8, 4) is 51.7 Å². The molecule has 9 heterocycles. The van der Waals surface area contributed by atoms with E-state index < -0.39 is 230 Å². The van der Waals surface area contributed by atoms with Crippen molar-refractivity contribution >= 4 is 81.4 Å². The third-order valence-electron chi connectivity index (χ3n) is 24.4. The number of benzene rings is 6. The minimum Gasteiger partial charge on any atom is -0.493 e. The number of anilines is 2. The second kappa shape index (κ2) is 45.5. The van der Waals surface area contributed by atoms with E-state index in [-0.39, 0.29) is 170 Å². The summed E-state index contributed by atoms with van der Waals surface area (Å²) in [5.41, 5.74) is 0.468. The summed E-state index contributed by atoms with van der Waals surface area (Å²) in [6, 6.07) is 19.8. The molecule has 19 atom stereocenters. The lowest BCUT2D eigenvalue weighted by atomic mass is 9.99. The van der Waals surface area contributed by atoms with Crippen LogP contribution in [0.4, 0.5) is 21.0 Å². The molecule has 14 N–H and O–H groups in total. The van der Waals surface area contributed by atoms with Crippen molar-refractivity contribution in [2.24, 2.45) is 0 Å². The van der Waals surface area contributed by atoms with Crippen molar-refractivity contribution in [3.63, 3.8) is 0 Å². The van der Waals surface area contributed by atoms with E-state index in [2.05, 4.69) is 23.5 Å². The number of aliphatic hydroxyl groups is 11. The number of amides is 7. The van der Waals surface area contributed by atoms with Gasteiger partial charge in [-0.15, -0.1) is 13.5 Å². The van der Waals surface area contributed by atoms with E-state index in [0.717, 1.165) is 45.0 Å². The van der Waals surface area contributed by atoms with Gasteiger partial charge in [0.1, 0.15) is 104 Å². The van der Waals surface area contributed by atoms with Gasteiger partial charge < -0.3 is 166 Å². The first kappa shape index (κ1) is 106. The van der Waals surface area contributed by atoms with Crippen LogP contribution >= 0.6 is 0 Å². The molecule has 5 saturated heterocycles. The number of hydrogen-bond acceptors (Lipinski definition) is 42. The zero-order valence-electron chi connectivity index (χ0n) is 77.6. The highest BCUT2D eigenvalue weighted by molar-refractivity contribution is 7.82. The number of carboxylic acids is 3. The number of methoxy groups -OCH3 is 2. The van der Waals surface area contributed by atoms with Crippen LogP contribution in [-0.4, -0.2) is 371 Å². The van der Waals surface area contributed by atoms with Gasteiger partial charge in [-0.25, -0.2) is 38.5 Å². The van der Waals surface area contributed by atoms with Gasteiger partial charge >= 0.3 is 40.5 Å². The molecule has 5 fully saturated rings. The molecule has 6 aromatic carbocycles. The number of aliphatic carboxylic acids is 3. The van der Waals surface area contributed by atoms with Gasteiger partial charge in [0.15, 0.2) is 65.3 Å².